The first-order valence-corrected chi connectivity index (χ1v) is 7.58. The van der Waals surface area contributed by atoms with E-state index in [1.165, 1.54) is 0 Å². The van der Waals surface area contributed by atoms with Crippen molar-refractivity contribution >= 4 is 39.8 Å². The molecule has 0 bridgehead atoms. The van der Waals surface area contributed by atoms with Crippen LogP contribution in [0.1, 0.15) is 16.1 Å². The second kappa shape index (κ2) is 6.54. The van der Waals surface area contributed by atoms with E-state index >= 15 is 0 Å². The average molecular weight is 321 g/mol. The largest absolute Gasteiger partial charge is 0.332 e. The number of aromatic nitrogens is 1. The van der Waals surface area contributed by atoms with Gasteiger partial charge in [0.1, 0.15) is 0 Å². The van der Waals surface area contributed by atoms with E-state index in [9.17, 15) is 4.79 Å². The Balaban J connectivity index is 1.80. The van der Waals surface area contributed by atoms with Gasteiger partial charge in [-0.05, 0) is 43.4 Å². The van der Waals surface area contributed by atoms with E-state index in [1.54, 1.807) is 12.1 Å². The van der Waals surface area contributed by atoms with E-state index in [4.69, 9.17) is 12.2 Å². The minimum Gasteiger partial charge on any atom is -0.332 e. The Morgan fingerprint density at radius 2 is 1.74 bits per heavy atom. The van der Waals surface area contributed by atoms with Crippen LogP contribution in [0.25, 0.3) is 10.9 Å². The molecule has 4 nitrogen and oxygen atoms in total. The molecule has 0 saturated heterocycles. The number of nitrogens with zero attached hydrogens (tertiary/aromatic N) is 1. The Labute approximate surface area is 139 Å². The lowest BCUT2D eigenvalue weighted by molar-refractivity contribution is 0.0978. The van der Waals surface area contributed by atoms with E-state index in [0.717, 1.165) is 22.3 Å². The fourth-order valence-corrected chi connectivity index (χ4v) is 2.53. The summed E-state index contributed by atoms with van der Waals surface area (Å²) in [5.41, 5.74) is 3.15. The summed E-state index contributed by atoms with van der Waals surface area (Å²) in [5, 5.41) is 6.99. The van der Waals surface area contributed by atoms with Crippen molar-refractivity contribution in [3.63, 3.8) is 0 Å². The Morgan fingerprint density at radius 1 is 1.04 bits per heavy atom. The molecular weight excluding hydrogens is 306 g/mol. The molecule has 2 N–H and O–H groups in total. The fraction of sp³-hybridized carbons (Fsp3) is 0.0556. The van der Waals surface area contributed by atoms with Crippen molar-refractivity contribution in [1.82, 2.24) is 10.3 Å². The summed E-state index contributed by atoms with van der Waals surface area (Å²) >= 11 is 5.26. The smallest absolute Gasteiger partial charge is 0.257 e. The van der Waals surface area contributed by atoms with Gasteiger partial charge in [-0.15, -0.1) is 0 Å². The third-order valence-electron chi connectivity index (χ3n) is 3.36. The van der Waals surface area contributed by atoms with Gasteiger partial charge in [0.05, 0.1) is 11.2 Å². The van der Waals surface area contributed by atoms with Gasteiger partial charge in [-0.2, -0.15) is 0 Å². The van der Waals surface area contributed by atoms with Gasteiger partial charge in [0.15, 0.2) is 5.11 Å². The van der Waals surface area contributed by atoms with Crippen LogP contribution in [-0.4, -0.2) is 16.0 Å². The van der Waals surface area contributed by atoms with Crippen LogP contribution >= 0.6 is 12.2 Å². The first-order valence-electron chi connectivity index (χ1n) is 7.17. The monoisotopic (exact) mass is 321 g/mol. The standard InChI is InChI=1S/C18H15N3OS/c1-12-11-16(14-9-5-6-10-15(14)19-12)20-18(23)21-17(22)13-7-3-2-4-8-13/h2-11H,1H3,(H2,19,20,21,22,23). The average Bonchev–Trinajstić information content (AvgIpc) is 2.55. The molecule has 0 radical (unpaired) electrons. The van der Waals surface area contributed by atoms with Crippen LogP contribution in [0.3, 0.4) is 0 Å². The summed E-state index contributed by atoms with van der Waals surface area (Å²) in [6, 6.07) is 18.7. The van der Waals surface area contributed by atoms with Crippen LogP contribution < -0.4 is 10.6 Å². The Hall–Kier alpha value is -2.79. The zero-order valence-electron chi connectivity index (χ0n) is 12.5. The van der Waals surface area contributed by atoms with E-state index < -0.39 is 0 Å². The number of carbonyl (C=O) groups excluding carboxylic acids is 1. The molecule has 114 valence electrons. The van der Waals surface area contributed by atoms with Crippen LogP contribution in [0.5, 0.6) is 0 Å². The molecule has 23 heavy (non-hydrogen) atoms. The summed E-state index contributed by atoms with van der Waals surface area (Å²) < 4.78 is 0. The number of carbonyl (C=O) groups is 1. The van der Waals surface area contributed by atoms with Crippen molar-refractivity contribution in [1.29, 1.82) is 0 Å². The lowest BCUT2D eigenvalue weighted by atomic mass is 10.1. The highest BCUT2D eigenvalue weighted by molar-refractivity contribution is 7.80. The lowest BCUT2D eigenvalue weighted by Crippen LogP contribution is -2.34. The number of nitrogens with one attached hydrogen (secondary N) is 2. The maximum atomic E-state index is 12.1. The quantitative estimate of drug-likeness (QED) is 0.707. The summed E-state index contributed by atoms with van der Waals surface area (Å²) in [6.07, 6.45) is 0. The Morgan fingerprint density at radius 3 is 2.52 bits per heavy atom. The van der Waals surface area contributed by atoms with Crippen LogP contribution in [0.4, 0.5) is 5.69 Å². The van der Waals surface area contributed by atoms with Crippen molar-refractivity contribution in [2.45, 2.75) is 6.92 Å². The maximum Gasteiger partial charge on any atom is 0.257 e. The van der Waals surface area contributed by atoms with Crippen molar-refractivity contribution < 1.29 is 4.79 Å². The van der Waals surface area contributed by atoms with Gasteiger partial charge in [-0.25, -0.2) is 0 Å². The molecule has 1 aromatic heterocycles. The van der Waals surface area contributed by atoms with Gasteiger partial charge in [0, 0.05) is 16.6 Å². The van der Waals surface area contributed by atoms with Gasteiger partial charge in [0.25, 0.3) is 5.91 Å². The first kappa shape index (κ1) is 15.1. The van der Waals surface area contributed by atoms with E-state index in [1.807, 2.05) is 55.5 Å². The molecule has 2 aromatic carbocycles. The Kier molecular flexibility index (Phi) is 4.30. The van der Waals surface area contributed by atoms with Crippen LogP contribution in [0.2, 0.25) is 0 Å². The number of hydrogen-bond donors (Lipinski definition) is 2. The molecule has 3 rings (SSSR count). The van der Waals surface area contributed by atoms with Crippen LogP contribution in [-0.2, 0) is 0 Å². The second-order valence-electron chi connectivity index (χ2n) is 5.10. The minimum atomic E-state index is -0.238. The van der Waals surface area contributed by atoms with Gasteiger partial charge in [-0.1, -0.05) is 36.4 Å². The predicted molar refractivity (Wildman–Crippen MR) is 96.6 cm³/mol. The zero-order valence-corrected chi connectivity index (χ0v) is 13.4. The number of pyridine rings is 1. The lowest BCUT2D eigenvalue weighted by Gasteiger charge is -2.12. The number of fused-ring (bicyclic) bond motifs is 1. The summed E-state index contributed by atoms with van der Waals surface area (Å²) in [6.45, 7) is 1.92. The molecule has 0 spiro atoms. The molecule has 0 aliphatic heterocycles. The molecule has 0 aliphatic rings. The molecule has 1 amide bonds. The van der Waals surface area contributed by atoms with Crippen LogP contribution in [0, 0.1) is 6.92 Å². The highest BCUT2D eigenvalue weighted by Crippen LogP contribution is 2.22. The molecule has 5 heteroatoms. The number of rotatable bonds is 2. The number of thiocarbonyl (C=S) groups is 1. The molecule has 3 aromatic rings. The maximum absolute atomic E-state index is 12.1. The highest BCUT2D eigenvalue weighted by atomic mass is 32.1. The number of aryl methyl sites for hydroxylation is 1. The van der Waals surface area contributed by atoms with E-state index in [-0.39, 0.29) is 11.0 Å². The van der Waals surface area contributed by atoms with Crippen molar-refractivity contribution in [2.75, 3.05) is 5.32 Å². The molecule has 0 atom stereocenters. The molecule has 0 fully saturated rings. The molecular formula is C18H15N3OS. The fourth-order valence-electron chi connectivity index (χ4n) is 2.33. The molecule has 0 unspecified atom stereocenters. The molecule has 1 heterocycles. The minimum absolute atomic E-state index is 0.238. The SMILES string of the molecule is Cc1cc(NC(=S)NC(=O)c2ccccc2)c2ccccc2n1. The summed E-state index contributed by atoms with van der Waals surface area (Å²) in [5.74, 6) is -0.238. The van der Waals surface area contributed by atoms with Gasteiger partial charge < -0.3 is 5.32 Å². The molecule has 0 saturated carbocycles. The topological polar surface area (TPSA) is 54.0 Å². The summed E-state index contributed by atoms with van der Waals surface area (Å²) in [7, 11) is 0. The first-order chi connectivity index (χ1) is 11.1. The highest BCUT2D eigenvalue weighted by Gasteiger charge is 2.09. The third-order valence-corrected chi connectivity index (χ3v) is 3.56. The zero-order chi connectivity index (χ0) is 16.2. The number of hydrogen-bond acceptors (Lipinski definition) is 3. The second-order valence-corrected chi connectivity index (χ2v) is 5.51. The third kappa shape index (κ3) is 3.52. The van der Waals surface area contributed by atoms with Gasteiger partial charge in [-0.3, -0.25) is 15.1 Å². The number of benzene rings is 2. The van der Waals surface area contributed by atoms with Gasteiger partial charge >= 0.3 is 0 Å². The number of anilines is 1. The van der Waals surface area contributed by atoms with Gasteiger partial charge in [0.2, 0.25) is 0 Å². The molecule has 0 aliphatic carbocycles. The van der Waals surface area contributed by atoms with E-state index in [0.29, 0.717) is 5.56 Å². The van der Waals surface area contributed by atoms with Crippen molar-refractivity contribution in [3.8, 4) is 0 Å². The predicted octanol–water partition coefficient (Wildman–Crippen LogP) is 3.67. The normalized spacial score (nSPS) is 10.3. The number of para-hydroxylation sites is 1. The number of amides is 1. The van der Waals surface area contributed by atoms with Crippen molar-refractivity contribution in [3.05, 3.63) is 71.9 Å². The van der Waals surface area contributed by atoms with E-state index in [2.05, 4.69) is 15.6 Å². The van der Waals surface area contributed by atoms with Crippen LogP contribution in [0.15, 0.2) is 60.7 Å². The Bertz CT molecular complexity index is 878. The summed E-state index contributed by atoms with van der Waals surface area (Å²) in [4.78, 5) is 16.6. The van der Waals surface area contributed by atoms with Crippen molar-refractivity contribution in [2.24, 2.45) is 0 Å².